The number of benzene rings is 1. The fourth-order valence-electron chi connectivity index (χ4n) is 2.90. The number of ether oxygens (including phenoxy) is 3. The van der Waals surface area contributed by atoms with Gasteiger partial charge >= 0.3 is 5.97 Å². The number of thiophene rings is 1. The number of nitrogens with one attached hydrogen (secondary N) is 1. The Balaban J connectivity index is 1.35. The van der Waals surface area contributed by atoms with Gasteiger partial charge in [-0.3, -0.25) is 4.79 Å². The Labute approximate surface area is 159 Å². The topological polar surface area (TPSA) is 78.8 Å². The summed E-state index contributed by atoms with van der Waals surface area (Å²) < 4.78 is 18.7. The van der Waals surface area contributed by atoms with Crippen LogP contribution in [0.25, 0.3) is 10.2 Å². The zero-order valence-corrected chi connectivity index (χ0v) is 15.7. The van der Waals surface area contributed by atoms with Crippen molar-refractivity contribution in [1.29, 1.82) is 0 Å². The first-order valence-corrected chi connectivity index (χ1v) is 9.31. The van der Waals surface area contributed by atoms with Gasteiger partial charge in [-0.15, -0.1) is 11.3 Å². The maximum Gasteiger partial charge on any atom is 0.355 e. The quantitative estimate of drug-likeness (QED) is 0.682. The number of amides is 1. The maximum absolute atomic E-state index is 12.4. The van der Waals surface area contributed by atoms with Gasteiger partial charge in [-0.05, 0) is 42.1 Å². The fourth-order valence-corrected chi connectivity index (χ4v) is 3.75. The largest absolute Gasteiger partial charge is 0.454 e. The summed E-state index contributed by atoms with van der Waals surface area (Å²) in [6.07, 6.45) is -0.903. The minimum Gasteiger partial charge on any atom is -0.454 e. The van der Waals surface area contributed by atoms with E-state index in [0.29, 0.717) is 23.7 Å². The van der Waals surface area contributed by atoms with E-state index >= 15 is 0 Å². The summed E-state index contributed by atoms with van der Waals surface area (Å²) in [6, 6.07) is 9.18. The normalized spacial score (nSPS) is 13.6. The van der Waals surface area contributed by atoms with E-state index in [-0.39, 0.29) is 12.7 Å². The number of esters is 1. The molecule has 1 N–H and O–H groups in total. The monoisotopic (exact) mass is 386 g/mol. The number of hydrogen-bond donors (Lipinski definition) is 1. The molecular weight excluding hydrogens is 368 g/mol. The molecule has 7 nitrogen and oxygen atoms in total. The third-order valence-electron chi connectivity index (χ3n) is 4.43. The molecule has 8 heteroatoms. The molecule has 0 saturated carbocycles. The van der Waals surface area contributed by atoms with Crippen LogP contribution in [0.5, 0.6) is 11.5 Å². The Morgan fingerprint density at radius 2 is 2.07 bits per heavy atom. The molecule has 0 saturated heterocycles. The first kappa shape index (κ1) is 17.4. The van der Waals surface area contributed by atoms with Crippen LogP contribution in [-0.2, 0) is 23.1 Å². The lowest BCUT2D eigenvalue weighted by Gasteiger charge is -2.14. The van der Waals surface area contributed by atoms with Crippen LogP contribution in [0, 0.1) is 0 Å². The minimum atomic E-state index is -0.903. The van der Waals surface area contributed by atoms with Gasteiger partial charge in [0.15, 0.2) is 17.6 Å². The van der Waals surface area contributed by atoms with Crippen LogP contribution < -0.4 is 14.8 Å². The summed E-state index contributed by atoms with van der Waals surface area (Å²) in [5.74, 6) is 0.461. The number of carbonyl (C=O) groups excluding carboxylic acids is 2. The number of carbonyl (C=O) groups is 2. The summed E-state index contributed by atoms with van der Waals surface area (Å²) >= 11 is 1.55. The molecule has 0 aliphatic carbocycles. The van der Waals surface area contributed by atoms with Gasteiger partial charge in [-0.1, -0.05) is 6.07 Å². The van der Waals surface area contributed by atoms with Gasteiger partial charge in [0.05, 0.1) is 10.2 Å². The van der Waals surface area contributed by atoms with E-state index in [4.69, 9.17) is 14.2 Å². The highest BCUT2D eigenvalue weighted by atomic mass is 32.1. The first-order valence-electron chi connectivity index (χ1n) is 8.43. The van der Waals surface area contributed by atoms with Gasteiger partial charge in [0.1, 0.15) is 5.69 Å². The molecule has 0 unspecified atom stereocenters. The molecule has 1 atom stereocenters. The molecule has 3 heterocycles. The number of nitrogens with zero attached hydrogens (tertiary/aromatic N) is 1. The van der Waals surface area contributed by atoms with Gasteiger partial charge in [-0.25, -0.2) is 4.79 Å². The highest BCUT2D eigenvalue weighted by Crippen LogP contribution is 2.32. The maximum atomic E-state index is 12.4. The molecular formula is C19H18N2O5S. The van der Waals surface area contributed by atoms with Crippen molar-refractivity contribution in [2.45, 2.75) is 19.6 Å². The van der Waals surface area contributed by atoms with Crippen LogP contribution in [0.4, 0.5) is 0 Å². The summed E-state index contributed by atoms with van der Waals surface area (Å²) in [4.78, 5) is 24.7. The number of rotatable bonds is 5. The Hall–Kier alpha value is -3.00. The molecule has 0 fully saturated rings. The molecule has 1 aromatic carbocycles. The molecule has 27 heavy (non-hydrogen) atoms. The predicted octanol–water partition coefficient (Wildman–Crippen LogP) is 2.83. The van der Waals surface area contributed by atoms with Crippen LogP contribution in [0.2, 0.25) is 0 Å². The van der Waals surface area contributed by atoms with Crippen molar-refractivity contribution in [2.24, 2.45) is 7.05 Å². The van der Waals surface area contributed by atoms with Gasteiger partial charge < -0.3 is 24.1 Å². The Morgan fingerprint density at radius 1 is 1.26 bits per heavy atom. The zero-order chi connectivity index (χ0) is 19.0. The molecule has 0 radical (unpaired) electrons. The number of aromatic nitrogens is 1. The Bertz CT molecular complexity index is 1020. The van der Waals surface area contributed by atoms with E-state index < -0.39 is 12.1 Å². The van der Waals surface area contributed by atoms with Crippen LogP contribution >= 0.6 is 11.3 Å². The first-order chi connectivity index (χ1) is 13.0. The second kappa shape index (κ2) is 6.96. The fraction of sp³-hybridized carbons (Fsp3) is 0.263. The van der Waals surface area contributed by atoms with Crippen LogP contribution in [0.1, 0.15) is 23.0 Å². The molecule has 1 aliphatic rings. The van der Waals surface area contributed by atoms with E-state index in [0.717, 1.165) is 15.8 Å². The van der Waals surface area contributed by atoms with Gasteiger partial charge in [0.2, 0.25) is 6.79 Å². The van der Waals surface area contributed by atoms with E-state index in [2.05, 4.69) is 5.32 Å². The van der Waals surface area contributed by atoms with Crippen molar-refractivity contribution in [3.8, 4) is 11.5 Å². The van der Waals surface area contributed by atoms with E-state index in [1.165, 1.54) is 0 Å². The summed E-state index contributed by atoms with van der Waals surface area (Å²) in [5.41, 5.74) is 2.26. The number of fused-ring (bicyclic) bond motifs is 2. The standard InChI is InChI=1S/C19H18N2O5S/c1-11(26-19(23)14-8-17-13(21(14)2)5-6-27-17)18(22)20-9-12-3-4-15-16(7-12)25-10-24-15/h3-8,11H,9-10H2,1-2H3,(H,20,22)/t11-/m0/s1. The van der Waals surface area contributed by atoms with E-state index in [1.807, 2.05) is 23.6 Å². The molecule has 0 bridgehead atoms. The molecule has 140 valence electrons. The lowest BCUT2D eigenvalue weighted by molar-refractivity contribution is -0.129. The van der Waals surface area contributed by atoms with E-state index in [1.54, 1.807) is 42.0 Å². The van der Waals surface area contributed by atoms with Crippen LogP contribution in [0.3, 0.4) is 0 Å². The van der Waals surface area contributed by atoms with Gasteiger partial charge in [0, 0.05) is 13.6 Å². The van der Waals surface area contributed by atoms with E-state index in [9.17, 15) is 9.59 Å². The average Bonchev–Trinajstić information content (AvgIpc) is 3.36. The van der Waals surface area contributed by atoms with Crippen molar-refractivity contribution < 1.29 is 23.8 Å². The lowest BCUT2D eigenvalue weighted by atomic mass is 10.2. The summed E-state index contributed by atoms with van der Waals surface area (Å²) in [7, 11) is 1.80. The van der Waals surface area contributed by atoms with Crippen LogP contribution in [-0.4, -0.2) is 29.3 Å². The van der Waals surface area contributed by atoms with Crippen molar-refractivity contribution in [2.75, 3.05) is 6.79 Å². The van der Waals surface area contributed by atoms with Gasteiger partial charge in [-0.2, -0.15) is 0 Å². The molecule has 0 spiro atoms. The van der Waals surface area contributed by atoms with Crippen LogP contribution in [0.15, 0.2) is 35.7 Å². The Kier molecular flexibility index (Phi) is 4.49. The second-order valence-electron chi connectivity index (χ2n) is 6.21. The predicted molar refractivity (Wildman–Crippen MR) is 100 cm³/mol. The summed E-state index contributed by atoms with van der Waals surface area (Å²) in [6.45, 7) is 2.06. The Morgan fingerprint density at radius 3 is 2.89 bits per heavy atom. The smallest absolute Gasteiger partial charge is 0.355 e. The third kappa shape index (κ3) is 3.35. The SMILES string of the molecule is C[C@H](OC(=O)c1cc2sccc2n1C)C(=O)NCc1ccc2c(c1)OCO2. The molecule has 4 rings (SSSR count). The number of hydrogen-bond acceptors (Lipinski definition) is 6. The molecule has 1 amide bonds. The minimum absolute atomic E-state index is 0.203. The second-order valence-corrected chi connectivity index (χ2v) is 7.16. The molecule has 3 aromatic rings. The highest BCUT2D eigenvalue weighted by molar-refractivity contribution is 7.17. The van der Waals surface area contributed by atoms with Crippen molar-refractivity contribution in [3.63, 3.8) is 0 Å². The third-order valence-corrected chi connectivity index (χ3v) is 5.28. The van der Waals surface area contributed by atoms with Crippen molar-refractivity contribution in [1.82, 2.24) is 9.88 Å². The summed E-state index contributed by atoms with van der Waals surface area (Å²) in [5, 5.41) is 4.73. The van der Waals surface area contributed by atoms with Gasteiger partial charge in [0.25, 0.3) is 5.91 Å². The van der Waals surface area contributed by atoms with Crippen molar-refractivity contribution in [3.05, 3.63) is 47.0 Å². The zero-order valence-electron chi connectivity index (χ0n) is 14.9. The van der Waals surface area contributed by atoms with Crippen molar-refractivity contribution >= 4 is 33.4 Å². The average molecular weight is 386 g/mol. The molecule has 1 aliphatic heterocycles. The highest BCUT2D eigenvalue weighted by Gasteiger charge is 2.22. The lowest BCUT2D eigenvalue weighted by Crippen LogP contribution is -2.35. The number of aryl methyl sites for hydroxylation is 1. The molecule has 2 aromatic heterocycles.